The summed E-state index contributed by atoms with van der Waals surface area (Å²) in [6, 6.07) is 7.46. The molecule has 0 atom stereocenters. The number of carbonyl (C=O) groups excluding carboxylic acids is 2. The summed E-state index contributed by atoms with van der Waals surface area (Å²) in [7, 11) is 1.70. The number of rotatable bonds is 3. The molecule has 0 bridgehead atoms. The number of carboxylic acids is 1. The van der Waals surface area contributed by atoms with E-state index in [2.05, 4.69) is 0 Å². The molecule has 23 heavy (non-hydrogen) atoms. The van der Waals surface area contributed by atoms with Crippen LogP contribution >= 0.6 is 0 Å². The second-order valence-corrected chi connectivity index (χ2v) is 6.16. The quantitative estimate of drug-likeness (QED) is 0.862. The molecule has 2 heterocycles. The Hall–Kier alpha value is -2.30. The first-order valence-electron chi connectivity index (χ1n) is 8.15. The molecule has 1 aliphatic heterocycles. The van der Waals surface area contributed by atoms with Crippen molar-refractivity contribution in [1.82, 2.24) is 9.47 Å². The average Bonchev–Trinajstić information content (AvgIpc) is 2.73. The van der Waals surface area contributed by atoms with Gasteiger partial charge in [-0.25, -0.2) is 0 Å². The van der Waals surface area contributed by atoms with E-state index in [4.69, 9.17) is 0 Å². The van der Waals surface area contributed by atoms with Crippen LogP contribution in [0.15, 0.2) is 24.3 Å². The van der Waals surface area contributed by atoms with Gasteiger partial charge in [0, 0.05) is 31.0 Å². The number of aromatic carboxylic acids is 1. The van der Waals surface area contributed by atoms with Crippen molar-refractivity contribution in [3.8, 4) is 0 Å². The predicted molar refractivity (Wildman–Crippen MR) is 86.0 cm³/mol. The number of carboxylic acid groups (broad SMARTS) is 1. The number of hydrogen-bond acceptors (Lipinski definition) is 3. The normalized spacial score (nSPS) is 15.6. The van der Waals surface area contributed by atoms with Gasteiger partial charge in [-0.2, -0.15) is 0 Å². The van der Waals surface area contributed by atoms with E-state index in [0.717, 1.165) is 49.7 Å². The van der Waals surface area contributed by atoms with Crippen molar-refractivity contribution < 1.29 is 14.7 Å². The third kappa shape index (κ3) is 2.96. The van der Waals surface area contributed by atoms with Crippen LogP contribution in [0.5, 0.6) is 0 Å². The number of para-hydroxylation sites is 1. The number of fused-ring (bicyclic) bond motifs is 1. The van der Waals surface area contributed by atoms with E-state index in [1.807, 2.05) is 29.2 Å². The lowest BCUT2D eigenvalue weighted by Crippen LogP contribution is -2.34. The highest BCUT2D eigenvalue weighted by Crippen LogP contribution is 2.26. The zero-order chi connectivity index (χ0) is 16.4. The van der Waals surface area contributed by atoms with Crippen LogP contribution in [0.4, 0.5) is 0 Å². The number of hydrogen-bond donors (Lipinski definition) is 0. The lowest BCUT2D eigenvalue weighted by molar-refractivity contribution is -0.255. The summed E-state index contributed by atoms with van der Waals surface area (Å²) in [6.45, 7) is 1.54. The SMILES string of the molecule is Cn1c(C(=O)[O-])c(CC(=O)N2CCCCCC2)c2ccccc21. The highest BCUT2D eigenvalue weighted by atomic mass is 16.4. The maximum absolute atomic E-state index is 12.7. The third-order valence-corrected chi connectivity index (χ3v) is 4.69. The number of benzene rings is 1. The molecular weight excluding hydrogens is 292 g/mol. The minimum absolute atomic E-state index is 0.00533. The lowest BCUT2D eigenvalue weighted by Gasteiger charge is -2.20. The van der Waals surface area contributed by atoms with Gasteiger partial charge < -0.3 is 19.4 Å². The molecular formula is C18H21N2O3-. The standard InChI is InChI=1S/C18H22N2O3/c1-19-15-9-5-4-8-13(15)14(17(19)18(22)23)12-16(21)20-10-6-2-3-7-11-20/h4-5,8-9H,2-3,6-7,10-12H2,1H3,(H,22,23)/p-1. The molecule has 1 saturated heterocycles. The van der Waals surface area contributed by atoms with Crippen molar-refractivity contribution in [3.63, 3.8) is 0 Å². The highest BCUT2D eigenvalue weighted by Gasteiger charge is 2.22. The highest BCUT2D eigenvalue weighted by molar-refractivity contribution is 6.00. The minimum Gasteiger partial charge on any atom is -0.543 e. The zero-order valence-electron chi connectivity index (χ0n) is 13.4. The molecule has 0 radical (unpaired) electrons. The van der Waals surface area contributed by atoms with Gasteiger partial charge in [0.15, 0.2) is 0 Å². The van der Waals surface area contributed by atoms with E-state index in [1.165, 1.54) is 0 Å². The molecule has 1 amide bonds. The van der Waals surface area contributed by atoms with E-state index in [9.17, 15) is 14.7 Å². The number of aryl methyl sites for hydroxylation is 1. The average molecular weight is 313 g/mol. The Labute approximate surface area is 135 Å². The zero-order valence-corrected chi connectivity index (χ0v) is 13.4. The van der Waals surface area contributed by atoms with Crippen molar-refractivity contribution in [2.75, 3.05) is 13.1 Å². The molecule has 122 valence electrons. The molecule has 5 nitrogen and oxygen atoms in total. The summed E-state index contributed by atoms with van der Waals surface area (Å²) in [4.78, 5) is 26.1. The van der Waals surface area contributed by atoms with Crippen molar-refractivity contribution in [3.05, 3.63) is 35.5 Å². The largest absolute Gasteiger partial charge is 0.543 e. The second kappa shape index (κ2) is 6.44. The van der Waals surface area contributed by atoms with Crippen molar-refractivity contribution in [1.29, 1.82) is 0 Å². The number of amides is 1. The van der Waals surface area contributed by atoms with Gasteiger partial charge in [-0.15, -0.1) is 0 Å². The van der Waals surface area contributed by atoms with Crippen LogP contribution in [0, 0.1) is 0 Å². The fraction of sp³-hybridized carbons (Fsp3) is 0.444. The maximum Gasteiger partial charge on any atom is 0.227 e. The predicted octanol–water partition coefficient (Wildman–Crippen LogP) is 1.49. The Bertz CT molecular complexity index is 740. The van der Waals surface area contributed by atoms with Gasteiger partial charge >= 0.3 is 0 Å². The van der Waals surface area contributed by atoms with Gasteiger partial charge in [0.2, 0.25) is 5.91 Å². The molecule has 0 aliphatic carbocycles. The van der Waals surface area contributed by atoms with Gasteiger partial charge in [0.05, 0.1) is 18.1 Å². The van der Waals surface area contributed by atoms with E-state index in [1.54, 1.807) is 11.6 Å². The van der Waals surface area contributed by atoms with Crippen LogP contribution in [0.2, 0.25) is 0 Å². The molecule has 3 rings (SSSR count). The van der Waals surface area contributed by atoms with E-state index in [0.29, 0.717) is 5.56 Å². The summed E-state index contributed by atoms with van der Waals surface area (Å²) < 4.78 is 1.61. The first kappa shape index (κ1) is 15.6. The van der Waals surface area contributed by atoms with Crippen LogP contribution in [0.3, 0.4) is 0 Å². The number of aromatic nitrogens is 1. The number of likely N-dealkylation sites (tertiary alicyclic amines) is 1. The summed E-state index contributed by atoms with van der Waals surface area (Å²) in [5.41, 5.74) is 1.48. The number of nitrogens with zero attached hydrogens (tertiary/aromatic N) is 2. The van der Waals surface area contributed by atoms with Gasteiger partial charge in [-0.1, -0.05) is 31.0 Å². The van der Waals surface area contributed by atoms with Crippen molar-refractivity contribution in [2.24, 2.45) is 7.05 Å². The molecule has 5 heteroatoms. The smallest absolute Gasteiger partial charge is 0.227 e. The lowest BCUT2D eigenvalue weighted by atomic mass is 10.1. The first-order valence-corrected chi connectivity index (χ1v) is 8.15. The van der Waals surface area contributed by atoms with Gasteiger partial charge in [-0.05, 0) is 24.5 Å². The Balaban J connectivity index is 1.97. The maximum atomic E-state index is 12.7. The van der Waals surface area contributed by atoms with Crippen LogP contribution in [0.1, 0.15) is 41.7 Å². The van der Waals surface area contributed by atoms with Gasteiger partial charge in [0.1, 0.15) is 0 Å². The second-order valence-electron chi connectivity index (χ2n) is 6.16. The van der Waals surface area contributed by atoms with Crippen LogP contribution in [0.25, 0.3) is 10.9 Å². The Morgan fingerprint density at radius 3 is 2.39 bits per heavy atom. The van der Waals surface area contributed by atoms with Gasteiger partial charge in [0.25, 0.3) is 0 Å². The van der Waals surface area contributed by atoms with E-state index >= 15 is 0 Å². The molecule has 1 fully saturated rings. The van der Waals surface area contributed by atoms with Crippen LogP contribution < -0.4 is 5.11 Å². The fourth-order valence-electron chi connectivity index (χ4n) is 3.49. The van der Waals surface area contributed by atoms with E-state index in [-0.39, 0.29) is 18.0 Å². The third-order valence-electron chi connectivity index (χ3n) is 4.69. The Morgan fingerprint density at radius 2 is 1.74 bits per heavy atom. The van der Waals surface area contributed by atoms with Gasteiger partial charge in [-0.3, -0.25) is 4.79 Å². The summed E-state index contributed by atoms with van der Waals surface area (Å²) in [6.07, 6.45) is 4.47. The summed E-state index contributed by atoms with van der Waals surface area (Å²) in [5.74, 6) is -1.23. The Morgan fingerprint density at radius 1 is 1.09 bits per heavy atom. The first-order chi connectivity index (χ1) is 11.1. The molecule has 1 aliphatic rings. The minimum atomic E-state index is -1.23. The summed E-state index contributed by atoms with van der Waals surface area (Å²) in [5, 5.41) is 12.4. The molecule has 2 aromatic rings. The molecule has 0 spiro atoms. The molecule has 0 N–H and O–H groups in total. The van der Waals surface area contributed by atoms with Crippen molar-refractivity contribution >= 4 is 22.8 Å². The molecule has 1 aromatic heterocycles. The molecule has 0 saturated carbocycles. The van der Waals surface area contributed by atoms with Crippen LogP contribution in [-0.4, -0.2) is 34.4 Å². The van der Waals surface area contributed by atoms with Crippen molar-refractivity contribution in [2.45, 2.75) is 32.1 Å². The fourth-order valence-corrected chi connectivity index (χ4v) is 3.49. The van der Waals surface area contributed by atoms with Crippen LogP contribution in [-0.2, 0) is 18.3 Å². The van der Waals surface area contributed by atoms with E-state index < -0.39 is 5.97 Å². The Kier molecular flexibility index (Phi) is 4.37. The number of carbonyl (C=O) groups is 2. The topological polar surface area (TPSA) is 65.4 Å². The molecule has 1 aromatic carbocycles. The monoisotopic (exact) mass is 313 g/mol. The molecule has 0 unspecified atom stereocenters. The summed E-state index contributed by atoms with van der Waals surface area (Å²) >= 11 is 0.